The van der Waals surface area contributed by atoms with E-state index in [1.165, 1.54) is 23.1 Å². The van der Waals surface area contributed by atoms with Gasteiger partial charge >= 0.3 is 6.18 Å². The van der Waals surface area contributed by atoms with Gasteiger partial charge in [0.2, 0.25) is 0 Å². The van der Waals surface area contributed by atoms with Crippen molar-refractivity contribution in [3.05, 3.63) is 70.9 Å². The molecule has 6 nitrogen and oxygen atoms in total. The molecule has 0 N–H and O–H groups in total. The van der Waals surface area contributed by atoms with E-state index in [0.717, 1.165) is 17.0 Å². The Hall–Kier alpha value is -3.62. The van der Waals surface area contributed by atoms with Gasteiger partial charge in [-0.25, -0.2) is 0 Å². The number of nitrogens with zero attached hydrogens (tertiary/aromatic N) is 3. The molecule has 0 unspecified atom stereocenters. The smallest absolute Gasteiger partial charge is 0.417 e. The fraction of sp³-hybridized carbons (Fsp3) is 0.292. The Labute approximate surface area is 188 Å². The van der Waals surface area contributed by atoms with Gasteiger partial charge in [0.05, 0.1) is 35.0 Å². The highest BCUT2D eigenvalue weighted by molar-refractivity contribution is 5.99. The molecule has 0 bridgehead atoms. The van der Waals surface area contributed by atoms with Crippen LogP contribution in [0, 0.1) is 6.92 Å². The highest BCUT2D eigenvalue weighted by atomic mass is 19.4. The van der Waals surface area contributed by atoms with Crippen molar-refractivity contribution in [1.82, 2.24) is 14.8 Å². The first kappa shape index (κ1) is 22.6. The van der Waals surface area contributed by atoms with Gasteiger partial charge in [-0.15, -0.1) is 0 Å². The van der Waals surface area contributed by atoms with Gasteiger partial charge in [0.1, 0.15) is 5.75 Å². The third-order valence-electron chi connectivity index (χ3n) is 5.76. The van der Waals surface area contributed by atoms with E-state index in [1.54, 1.807) is 37.1 Å². The van der Waals surface area contributed by atoms with E-state index in [9.17, 15) is 22.8 Å². The van der Waals surface area contributed by atoms with Crippen LogP contribution in [0.1, 0.15) is 32.0 Å². The molecule has 3 aromatic rings. The van der Waals surface area contributed by atoms with Gasteiger partial charge in [0.25, 0.3) is 11.8 Å². The first-order valence-electron chi connectivity index (χ1n) is 10.4. The largest absolute Gasteiger partial charge is 0.497 e. The molecule has 33 heavy (non-hydrogen) atoms. The van der Waals surface area contributed by atoms with Crippen molar-refractivity contribution < 1.29 is 27.5 Å². The van der Waals surface area contributed by atoms with Crippen LogP contribution in [0.2, 0.25) is 0 Å². The van der Waals surface area contributed by atoms with Crippen molar-refractivity contribution in [2.75, 3.05) is 33.3 Å². The van der Waals surface area contributed by atoms with Crippen LogP contribution >= 0.6 is 0 Å². The van der Waals surface area contributed by atoms with Gasteiger partial charge < -0.3 is 14.5 Å². The molecule has 0 saturated carbocycles. The lowest BCUT2D eigenvalue weighted by Gasteiger charge is -2.35. The summed E-state index contributed by atoms with van der Waals surface area (Å²) in [4.78, 5) is 33.4. The number of aromatic nitrogens is 1. The number of aryl methyl sites for hydroxylation is 1. The number of halogens is 3. The summed E-state index contributed by atoms with van der Waals surface area (Å²) < 4.78 is 45.1. The monoisotopic (exact) mass is 457 g/mol. The molecule has 0 atom stereocenters. The number of alkyl halides is 3. The third kappa shape index (κ3) is 4.48. The Morgan fingerprint density at radius 3 is 2.12 bits per heavy atom. The summed E-state index contributed by atoms with van der Waals surface area (Å²) in [5.74, 6) is -0.268. The zero-order valence-corrected chi connectivity index (χ0v) is 18.1. The number of pyridine rings is 1. The molecule has 1 aliphatic heterocycles. The molecule has 4 rings (SSSR count). The Balaban J connectivity index is 1.50. The lowest BCUT2D eigenvalue weighted by Crippen LogP contribution is -2.51. The summed E-state index contributed by atoms with van der Waals surface area (Å²) in [6.45, 7) is 2.47. The zero-order chi connectivity index (χ0) is 23.8. The van der Waals surface area contributed by atoms with E-state index in [0.29, 0.717) is 17.0 Å². The molecule has 1 saturated heterocycles. The zero-order valence-electron chi connectivity index (χ0n) is 18.1. The number of benzene rings is 2. The first-order chi connectivity index (χ1) is 15.7. The number of piperazine rings is 1. The maximum atomic E-state index is 13.3. The first-order valence-corrected chi connectivity index (χ1v) is 10.4. The minimum absolute atomic E-state index is 0.143. The van der Waals surface area contributed by atoms with Crippen molar-refractivity contribution in [3.8, 4) is 5.75 Å². The van der Waals surface area contributed by atoms with Gasteiger partial charge in [-0.05, 0) is 43.3 Å². The molecule has 2 amide bonds. The average Bonchev–Trinajstić information content (AvgIpc) is 2.82. The second-order valence-electron chi connectivity index (χ2n) is 7.81. The van der Waals surface area contributed by atoms with E-state index < -0.39 is 17.6 Å². The fourth-order valence-electron chi connectivity index (χ4n) is 3.96. The van der Waals surface area contributed by atoms with Gasteiger partial charge in [0, 0.05) is 31.6 Å². The van der Waals surface area contributed by atoms with E-state index >= 15 is 0 Å². The minimum atomic E-state index is -4.62. The topological polar surface area (TPSA) is 62.7 Å². The summed E-state index contributed by atoms with van der Waals surface area (Å²) in [5.41, 5.74) is 0.423. The maximum Gasteiger partial charge on any atom is 0.417 e. The van der Waals surface area contributed by atoms with Crippen LogP contribution in [-0.2, 0) is 6.18 Å². The van der Waals surface area contributed by atoms with Crippen LogP contribution in [0.15, 0.2) is 48.5 Å². The van der Waals surface area contributed by atoms with Crippen LogP contribution in [0.3, 0.4) is 0 Å². The lowest BCUT2D eigenvalue weighted by atomic mass is 10.0. The summed E-state index contributed by atoms with van der Waals surface area (Å²) in [6.07, 6.45) is -4.62. The molecule has 2 aromatic carbocycles. The van der Waals surface area contributed by atoms with Crippen molar-refractivity contribution in [1.29, 1.82) is 0 Å². The van der Waals surface area contributed by atoms with E-state index in [2.05, 4.69) is 4.98 Å². The molecular weight excluding hydrogens is 435 g/mol. The van der Waals surface area contributed by atoms with Crippen LogP contribution < -0.4 is 4.74 Å². The van der Waals surface area contributed by atoms with Crippen LogP contribution in [-0.4, -0.2) is 59.9 Å². The summed E-state index contributed by atoms with van der Waals surface area (Å²) in [7, 11) is 1.56. The molecule has 172 valence electrons. The number of rotatable bonds is 3. The molecule has 9 heteroatoms. The molecule has 0 radical (unpaired) electrons. The Bertz CT molecular complexity index is 1220. The number of methoxy groups -OCH3 is 1. The second-order valence-corrected chi connectivity index (χ2v) is 7.81. The number of carbonyl (C=O) groups is 2. The van der Waals surface area contributed by atoms with E-state index in [4.69, 9.17) is 4.74 Å². The predicted molar refractivity (Wildman–Crippen MR) is 116 cm³/mol. The van der Waals surface area contributed by atoms with Crippen LogP contribution in [0.4, 0.5) is 13.2 Å². The Kier molecular flexibility index (Phi) is 5.97. The summed E-state index contributed by atoms with van der Waals surface area (Å²) >= 11 is 0. The highest BCUT2D eigenvalue weighted by Gasteiger charge is 2.36. The standard InChI is InChI=1S/C24H22F3N3O3/c1-15-19(14-16-13-17(33-2)7-8-21(16)28-15)23(32)30-11-9-29(10-12-30)22(31)18-5-3-4-6-20(18)24(25,26)27/h3-8,13-14H,9-12H2,1-2H3. The van der Waals surface area contributed by atoms with Gasteiger partial charge in [0.15, 0.2) is 0 Å². The van der Waals surface area contributed by atoms with Gasteiger partial charge in [-0.3, -0.25) is 14.6 Å². The predicted octanol–water partition coefficient (Wildman–Crippen LogP) is 4.17. The van der Waals surface area contributed by atoms with Crippen molar-refractivity contribution in [3.63, 3.8) is 0 Å². The number of carbonyl (C=O) groups excluding carboxylic acids is 2. The Morgan fingerprint density at radius 1 is 0.909 bits per heavy atom. The second kappa shape index (κ2) is 8.73. The van der Waals surface area contributed by atoms with Crippen molar-refractivity contribution in [2.45, 2.75) is 13.1 Å². The van der Waals surface area contributed by atoms with Crippen molar-refractivity contribution >= 4 is 22.7 Å². The lowest BCUT2D eigenvalue weighted by molar-refractivity contribution is -0.138. The average molecular weight is 457 g/mol. The molecule has 0 aliphatic carbocycles. The molecule has 0 spiro atoms. The number of amides is 2. The van der Waals surface area contributed by atoms with Gasteiger partial charge in [-0.2, -0.15) is 13.2 Å². The molecular formula is C24H22F3N3O3. The normalized spacial score (nSPS) is 14.5. The third-order valence-corrected chi connectivity index (χ3v) is 5.76. The number of hydrogen-bond donors (Lipinski definition) is 0. The maximum absolute atomic E-state index is 13.3. The van der Waals surface area contributed by atoms with Crippen LogP contribution in [0.5, 0.6) is 5.75 Å². The summed E-state index contributed by atoms with van der Waals surface area (Å²) in [6, 6.07) is 11.9. The van der Waals surface area contributed by atoms with Crippen molar-refractivity contribution in [2.24, 2.45) is 0 Å². The number of ether oxygens (including phenoxy) is 1. The summed E-state index contributed by atoms with van der Waals surface area (Å²) in [5, 5.41) is 0.765. The molecule has 1 fully saturated rings. The van der Waals surface area contributed by atoms with Crippen LogP contribution in [0.25, 0.3) is 10.9 Å². The number of fused-ring (bicyclic) bond motifs is 1. The fourth-order valence-corrected chi connectivity index (χ4v) is 3.96. The highest BCUT2D eigenvalue weighted by Crippen LogP contribution is 2.32. The molecule has 1 aliphatic rings. The SMILES string of the molecule is COc1ccc2nc(C)c(C(=O)N3CCN(C(=O)c4ccccc4C(F)(F)F)CC3)cc2c1. The minimum Gasteiger partial charge on any atom is -0.497 e. The quantitative estimate of drug-likeness (QED) is 0.592. The molecule has 2 heterocycles. The van der Waals surface area contributed by atoms with E-state index in [1.807, 2.05) is 6.07 Å². The Morgan fingerprint density at radius 2 is 1.52 bits per heavy atom. The molecule has 1 aromatic heterocycles. The van der Waals surface area contributed by atoms with Gasteiger partial charge in [-0.1, -0.05) is 12.1 Å². The number of hydrogen-bond acceptors (Lipinski definition) is 4. The van der Waals surface area contributed by atoms with E-state index in [-0.39, 0.29) is 37.6 Å².